The minimum Gasteiger partial charge on any atom is -0.492 e. The Kier molecular flexibility index (Phi) is 6.58. The molecule has 0 saturated heterocycles. The van der Waals surface area contributed by atoms with E-state index in [1.807, 2.05) is 6.92 Å². The van der Waals surface area contributed by atoms with Crippen molar-refractivity contribution in [1.29, 1.82) is 0 Å². The van der Waals surface area contributed by atoms with Gasteiger partial charge in [0.25, 0.3) is 0 Å². The summed E-state index contributed by atoms with van der Waals surface area (Å²) in [6, 6.07) is 4.04. The topological polar surface area (TPSA) is 110 Å². The van der Waals surface area contributed by atoms with Crippen LogP contribution in [0.3, 0.4) is 0 Å². The van der Waals surface area contributed by atoms with Gasteiger partial charge in [-0.25, -0.2) is 17.2 Å². The van der Waals surface area contributed by atoms with Crippen molar-refractivity contribution in [3.05, 3.63) is 63.4 Å². The van der Waals surface area contributed by atoms with Crippen molar-refractivity contribution in [2.75, 3.05) is 7.11 Å². The maximum absolute atomic E-state index is 14.7. The second-order valence-corrected chi connectivity index (χ2v) is 9.04. The Morgan fingerprint density at radius 2 is 1.90 bits per heavy atom. The van der Waals surface area contributed by atoms with Crippen LogP contribution in [0, 0.1) is 25.5 Å². The molecule has 0 saturated carbocycles. The Morgan fingerprint density at radius 1 is 1.19 bits per heavy atom. The lowest BCUT2D eigenvalue weighted by molar-refractivity contribution is 0.373. The highest BCUT2D eigenvalue weighted by atomic mass is 35.5. The lowest BCUT2D eigenvalue weighted by atomic mass is 9.88. The third-order valence-electron chi connectivity index (χ3n) is 5.12. The smallest absolute Gasteiger partial charge is 0.245 e. The van der Waals surface area contributed by atoms with Crippen LogP contribution in [0.4, 0.5) is 8.78 Å². The van der Waals surface area contributed by atoms with E-state index >= 15 is 0 Å². The van der Waals surface area contributed by atoms with Crippen LogP contribution in [0.2, 0.25) is 5.02 Å². The number of rotatable bonds is 7. The SMILES string of the molecule is COc1c(S(=O)(=O)N[C@H](c2nn[nH]n2)[C@H](C)c2c(F)ccc(C)c2C)ccc(Cl)c1F. The number of H-pyrrole nitrogens is 1. The van der Waals surface area contributed by atoms with Crippen molar-refractivity contribution in [1.82, 2.24) is 25.3 Å². The molecule has 3 aromatic rings. The summed E-state index contributed by atoms with van der Waals surface area (Å²) in [5, 5.41) is 13.2. The molecule has 1 aromatic heterocycles. The minimum absolute atomic E-state index is 0.00946. The van der Waals surface area contributed by atoms with Crippen LogP contribution >= 0.6 is 11.6 Å². The van der Waals surface area contributed by atoms with Gasteiger partial charge in [0, 0.05) is 5.92 Å². The summed E-state index contributed by atoms with van der Waals surface area (Å²) < 4.78 is 62.8. The number of halogens is 3. The molecule has 0 radical (unpaired) electrons. The number of hydrogen-bond donors (Lipinski definition) is 2. The van der Waals surface area contributed by atoms with E-state index in [9.17, 15) is 17.2 Å². The normalized spacial score (nSPS) is 13.8. The molecule has 2 atom stereocenters. The molecule has 166 valence electrons. The van der Waals surface area contributed by atoms with Crippen LogP contribution in [-0.2, 0) is 10.0 Å². The number of aromatic nitrogens is 4. The molecule has 0 bridgehead atoms. The molecule has 0 fully saturated rings. The summed E-state index contributed by atoms with van der Waals surface area (Å²) in [4.78, 5) is -0.473. The molecule has 1 heterocycles. The Balaban J connectivity index is 2.11. The summed E-state index contributed by atoms with van der Waals surface area (Å²) in [5.41, 5.74) is 1.79. The number of nitrogens with one attached hydrogen (secondary N) is 2. The summed E-state index contributed by atoms with van der Waals surface area (Å²) in [7, 11) is -3.25. The highest BCUT2D eigenvalue weighted by Gasteiger charge is 2.34. The first-order valence-electron chi connectivity index (χ1n) is 9.11. The van der Waals surface area contributed by atoms with Gasteiger partial charge in [0.2, 0.25) is 10.0 Å². The predicted octanol–water partition coefficient (Wildman–Crippen LogP) is 3.58. The molecule has 2 aromatic carbocycles. The van der Waals surface area contributed by atoms with E-state index in [1.54, 1.807) is 19.9 Å². The fraction of sp³-hybridized carbons (Fsp3) is 0.316. The zero-order valence-electron chi connectivity index (χ0n) is 17.1. The van der Waals surface area contributed by atoms with Gasteiger partial charge in [-0.15, -0.1) is 10.2 Å². The average molecular weight is 472 g/mol. The molecule has 3 rings (SSSR count). The zero-order valence-corrected chi connectivity index (χ0v) is 18.6. The molecule has 0 unspecified atom stereocenters. The monoisotopic (exact) mass is 471 g/mol. The van der Waals surface area contributed by atoms with Gasteiger partial charge in [-0.3, -0.25) is 0 Å². The summed E-state index contributed by atoms with van der Waals surface area (Å²) in [5.74, 6) is -2.81. The van der Waals surface area contributed by atoms with Gasteiger partial charge in [-0.1, -0.05) is 29.8 Å². The molecule has 12 heteroatoms. The van der Waals surface area contributed by atoms with Gasteiger partial charge in [-0.2, -0.15) is 9.94 Å². The van der Waals surface area contributed by atoms with E-state index < -0.39 is 44.3 Å². The van der Waals surface area contributed by atoms with Crippen LogP contribution in [0.1, 0.15) is 41.4 Å². The third-order valence-corrected chi connectivity index (χ3v) is 6.87. The van der Waals surface area contributed by atoms with E-state index in [-0.39, 0.29) is 10.8 Å². The minimum atomic E-state index is -4.37. The fourth-order valence-corrected chi connectivity index (χ4v) is 4.94. The van der Waals surface area contributed by atoms with E-state index in [2.05, 4.69) is 25.3 Å². The zero-order chi connectivity index (χ0) is 22.9. The summed E-state index contributed by atoms with van der Waals surface area (Å²) in [6.07, 6.45) is 0. The lowest BCUT2D eigenvalue weighted by Crippen LogP contribution is -2.33. The maximum atomic E-state index is 14.7. The van der Waals surface area contributed by atoms with Crippen molar-refractivity contribution in [2.24, 2.45) is 0 Å². The molecule has 8 nitrogen and oxygen atoms in total. The van der Waals surface area contributed by atoms with Gasteiger partial charge in [0.1, 0.15) is 10.7 Å². The van der Waals surface area contributed by atoms with Gasteiger partial charge in [0.05, 0.1) is 18.2 Å². The number of aryl methyl sites for hydroxylation is 1. The highest BCUT2D eigenvalue weighted by Crippen LogP contribution is 2.37. The first-order chi connectivity index (χ1) is 14.6. The van der Waals surface area contributed by atoms with Gasteiger partial charge in [-0.05, 0) is 48.7 Å². The number of tetrazole rings is 1. The molecule has 0 spiro atoms. The number of ether oxygens (including phenoxy) is 1. The first kappa shape index (κ1) is 23.0. The van der Waals surface area contributed by atoms with E-state index in [0.29, 0.717) is 11.1 Å². The first-order valence-corrected chi connectivity index (χ1v) is 11.0. The summed E-state index contributed by atoms with van der Waals surface area (Å²) >= 11 is 5.74. The van der Waals surface area contributed by atoms with Crippen molar-refractivity contribution in [2.45, 2.75) is 37.6 Å². The number of benzene rings is 2. The Hall–Kier alpha value is -2.63. The second kappa shape index (κ2) is 8.85. The van der Waals surface area contributed by atoms with Crippen molar-refractivity contribution < 1.29 is 21.9 Å². The quantitative estimate of drug-likeness (QED) is 0.545. The number of hydrogen-bond acceptors (Lipinski definition) is 6. The summed E-state index contributed by atoms with van der Waals surface area (Å²) in [6.45, 7) is 5.19. The number of aromatic amines is 1. The predicted molar refractivity (Wildman–Crippen MR) is 109 cm³/mol. The third kappa shape index (κ3) is 4.39. The molecule has 31 heavy (non-hydrogen) atoms. The number of sulfonamides is 1. The van der Waals surface area contributed by atoms with Crippen LogP contribution < -0.4 is 9.46 Å². The molecule has 0 aliphatic rings. The Labute approximate surface area is 183 Å². The molecular weight excluding hydrogens is 452 g/mol. The average Bonchev–Trinajstić information content (AvgIpc) is 3.25. The molecule has 0 aliphatic carbocycles. The molecule has 2 N–H and O–H groups in total. The largest absolute Gasteiger partial charge is 0.492 e. The van der Waals surface area contributed by atoms with Crippen molar-refractivity contribution in [3.63, 3.8) is 0 Å². The lowest BCUT2D eigenvalue weighted by Gasteiger charge is -2.25. The van der Waals surface area contributed by atoms with Crippen molar-refractivity contribution in [3.8, 4) is 5.75 Å². The van der Waals surface area contributed by atoms with E-state index in [4.69, 9.17) is 16.3 Å². The Morgan fingerprint density at radius 3 is 2.52 bits per heavy atom. The van der Waals surface area contributed by atoms with Crippen LogP contribution in [-0.4, -0.2) is 36.2 Å². The number of methoxy groups -OCH3 is 1. The van der Waals surface area contributed by atoms with Crippen LogP contribution in [0.5, 0.6) is 5.75 Å². The van der Waals surface area contributed by atoms with Crippen LogP contribution in [0.25, 0.3) is 0 Å². The fourth-order valence-electron chi connectivity index (χ4n) is 3.36. The van der Waals surface area contributed by atoms with Gasteiger partial charge < -0.3 is 4.74 Å². The molecule has 0 aliphatic heterocycles. The van der Waals surface area contributed by atoms with E-state index in [1.165, 1.54) is 6.07 Å². The standard InChI is InChI=1S/C19H20ClF2N5O3S/c1-9-5-7-13(21)15(10(9)2)11(3)17(19-23-26-27-24-19)25-31(28,29)14-8-6-12(20)16(22)18(14)30-4/h5-8,11,17,25H,1-4H3,(H,23,24,26,27)/t11-,17+/m1/s1. The number of nitrogens with zero attached hydrogens (tertiary/aromatic N) is 3. The Bertz CT molecular complexity index is 1210. The molecular formula is C19H20ClF2N5O3S. The second-order valence-electron chi connectivity index (χ2n) is 6.95. The molecule has 0 amide bonds. The van der Waals surface area contributed by atoms with Gasteiger partial charge in [0.15, 0.2) is 17.4 Å². The maximum Gasteiger partial charge on any atom is 0.245 e. The van der Waals surface area contributed by atoms with Gasteiger partial charge >= 0.3 is 0 Å². The highest BCUT2D eigenvalue weighted by molar-refractivity contribution is 7.89. The van der Waals surface area contributed by atoms with E-state index in [0.717, 1.165) is 24.8 Å². The van der Waals surface area contributed by atoms with Crippen LogP contribution in [0.15, 0.2) is 29.2 Å². The van der Waals surface area contributed by atoms with Crippen molar-refractivity contribution >= 4 is 21.6 Å².